The fourth-order valence-corrected chi connectivity index (χ4v) is 5.87. The van der Waals surface area contributed by atoms with Crippen molar-refractivity contribution in [3.63, 3.8) is 0 Å². The van der Waals surface area contributed by atoms with Crippen molar-refractivity contribution < 1.29 is 28.5 Å². The Morgan fingerprint density at radius 1 is 0.843 bits per heavy atom. The molecule has 0 aliphatic carbocycles. The van der Waals surface area contributed by atoms with Crippen LogP contribution >= 0.6 is 0 Å². The highest BCUT2D eigenvalue weighted by molar-refractivity contribution is 5.72. The highest BCUT2D eigenvalue weighted by atomic mass is 16.6. The average Bonchev–Trinajstić information content (AvgIpc) is 3.07. The maximum absolute atomic E-state index is 12.4. The molecular weight excluding hydrogens is 650 g/mol. The van der Waals surface area contributed by atoms with Gasteiger partial charge in [0.2, 0.25) is 5.95 Å². The molecule has 3 aromatic rings. The van der Waals surface area contributed by atoms with Gasteiger partial charge in [-0.05, 0) is 95.6 Å². The number of benzene rings is 2. The fraction of sp³-hybridized carbons (Fsp3) is 0.526. The van der Waals surface area contributed by atoms with E-state index in [1.165, 1.54) is 11.3 Å². The maximum Gasteiger partial charge on any atom is 0.407 e. The van der Waals surface area contributed by atoms with E-state index in [-0.39, 0.29) is 5.97 Å². The molecule has 0 unspecified atom stereocenters. The zero-order chi connectivity index (χ0) is 36.4. The van der Waals surface area contributed by atoms with Gasteiger partial charge in [0.1, 0.15) is 23.6 Å². The lowest BCUT2D eigenvalue weighted by Crippen LogP contribution is -2.48. The molecule has 0 spiro atoms. The summed E-state index contributed by atoms with van der Waals surface area (Å²) in [5.41, 5.74) is 4.01. The highest BCUT2D eigenvalue weighted by Gasteiger charge is 2.24. The second-order valence-corrected chi connectivity index (χ2v) is 14.8. The monoisotopic (exact) mass is 703 g/mol. The van der Waals surface area contributed by atoms with E-state index in [4.69, 9.17) is 23.9 Å². The van der Waals surface area contributed by atoms with Crippen LogP contribution in [-0.4, -0.2) is 115 Å². The number of morpholine rings is 1. The number of esters is 1. The van der Waals surface area contributed by atoms with Crippen molar-refractivity contribution in [1.29, 1.82) is 0 Å². The molecule has 0 radical (unpaired) electrons. The summed E-state index contributed by atoms with van der Waals surface area (Å²) in [6.45, 7) is 19.4. The molecule has 2 fully saturated rings. The third kappa shape index (κ3) is 12.4. The van der Waals surface area contributed by atoms with Crippen molar-refractivity contribution >= 4 is 29.4 Å². The molecule has 2 aliphatic heterocycles. The number of hydrogen-bond acceptors (Lipinski definition) is 12. The zero-order valence-electron chi connectivity index (χ0n) is 30.9. The molecule has 2 saturated heterocycles. The number of piperazine rings is 1. The Morgan fingerprint density at radius 2 is 1.53 bits per heavy atom. The zero-order valence-corrected chi connectivity index (χ0v) is 30.9. The van der Waals surface area contributed by atoms with E-state index in [2.05, 4.69) is 48.5 Å². The minimum atomic E-state index is -0.544. The van der Waals surface area contributed by atoms with Crippen molar-refractivity contribution in [1.82, 2.24) is 25.1 Å². The number of rotatable bonds is 12. The first-order valence-electron chi connectivity index (χ1n) is 17.7. The van der Waals surface area contributed by atoms with Crippen LogP contribution in [0.4, 0.5) is 22.1 Å². The van der Waals surface area contributed by atoms with Crippen molar-refractivity contribution in [2.75, 3.05) is 82.4 Å². The Balaban J connectivity index is 1.19. The Labute approximate surface area is 301 Å². The molecule has 2 N–H and O–H groups in total. The highest BCUT2D eigenvalue weighted by Crippen LogP contribution is 2.29. The predicted octanol–water partition coefficient (Wildman–Crippen LogP) is 5.09. The lowest BCUT2D eigenvalue weighted by molar-refractivity contribution is -0.156. The number of nitrogens with zero attached hydrogens (tertiary/aromatic N) is 5. The van der Waals surface area contributed by atoms with Gasteiger partial charge in [0, 0.05) is 68.9 Å². The Kier molecular flexibility index (Phi) is 12.7. The van der Waals surface area contributed by atoms with Crippen molar-refractivity contribution in [2.24, 2.45) is 0 Å². The van der Waals surface area contributed by atoms with Crippen molar-refractivity contribution in [3.05, 3.63) is 60.3 Å². The minimum absolute atomic E-state index is 0.178. The third-order valence-corrected chi connectivity index (χ3v) is 8.16. The van der Waals surface area contributed by atoms with Crippen LogP contribution in [0.25, 0.3) is 11.3 Å². The lowest BCUT2D eigenvalue weighted by Gasteiger charge is -2.36. The van der Waals surface area contributed by atoms with E-state index >= 15 is 0 Å². The van der Waals surface area contributed by atoms with Gasteiger partial charge in [-0.15, -0.1) is 0 Å². The van der Waals surface area contributed by atoms with Crippen LogP contribution in [0.3, 0.4) is 0 Å². The van der Waals surface area contributed by atoms with Crippen LogP contribution in [0.2, 0.25) is 0 Å². The topological polar surface area (TPSA) is 131 Å². The quantitative estimate of drug-likeness (QED) is 0.193. The molecule has 0 bridgehead atoms. The second-order valence-electron chi connectivity index (χ2n) is 14.8. The number of carbonyl (C=O) groups is 2. The summed E-state index contributed by atoms with van der Waals surface area (Å²) < 4.78 is 22.2. The van der Waals surface area contributed by atoms with Gasteiger partial charge in [-0.1, -0.05) is 0 Å². The van der Waals surface area contributed by atoms with E-state index in [9.17, 15) is 9.59 Å². The largest absolute Gasteiger partial charge is 0.492 e. The summed E-state index contributed by atoms with van der Waals surface area (Å²) in [6, 6.07) is 16.0. The minimum Gasteiger partial charge on any atom is -0.492 e. The van der Waals surface area contributed by atoms with E-state index < -0.39 is 17.3 Å². The number of alkyl carbamates (subject to hydrolysis) is 1. The molecule has 2 aliphatic rings. The molecule has 1 amide bonds. The van der Waals surface area contributed by atoms with Crippen LogP contribution < -0.4 is 20.3 Å². The number of carbonyl (C=O) groups excluding carboxylic acids is 2. The number of amides is 1. The molecular formula is C38H53N7O6. The molecule has 1 aromatic heterocycles. The summed E-state index contributed by atoms with van der Waals surface area (Å²) in [7, 11) is 0. The van der Waals surface area contributed by atoms with Gasteiger partial charge in [-0.25, -0.2) is 14.8 Å². The average molecular weight is 704 g/mol. The molecule has 51 heavy (non-hydrogen) atoms. The van der Waals surface area contributed by atoms with Crippen molar-refractivity contribution in [2.45, 2.75) is 59.3 Å². The standard InChI is InChI=1S/C38H53N7O6/c1-37(2,3)50-34(46)27-44-18-16-43(17-19-44)26-29-25-30(9-12-33(29)45-20-23-48-24-21-45)41-35-39-14-13-32(42-35)28-7-10-31(11-8-28)49-22-15-40-36(47)51-38(4,5)6/h7-14,25H,15-24,26-27H2,1-6H3,(H,40,47)(H,39,41,42). The Morgan fingerprint density at radius 3 is 2.22 bits per heavy atom. The van der Waals surface area contributed by atoms with Gasteiger partial charge in [0.25, 0.3) is 0 Å². The van der Waals surface area contributed by atoms with E-state index in [0.29, 0.717) is 44.6 Å². The Bertz CT molecular complexity index is 1590. The van der Waals surface area contributed by atoms with Crippen LogP contribution in [0.5, 0.6) is 5.75 Å². The van der Waals surface area contributed by atoms with E-state index in [1.54, 1.807) is 6.20 Å². The summed E-state index contributed by atoms with van der Waals surface area (Å²) in [5, 5.41) is 6.12. The first-order valence-corrected chi connectivity index (χ1v) is 17.7. The molecule has 13 nitrogen and oxygen atoms in total. The van der Waals surface area contributed by atoms with Crippen LogP contribution in [-0.2, 0) is 25.5 Å². The van der Waals surface area contributed by atoms with E-state index in [0.717, 1.165) is 62.8 Å². The maximum atomic E-state index is 12.4. The molecule has 13 heteroatoms. The number of ether oxygens (including phenoxy) is 4. The number of nitrogens with one attached hydrogen (secondary N) is 2. The van der Waals surface area contributed by atoms with Gasteiger partial charge in [0.15, 0.2) is 0 Å². The van der Waals surface area contributed by atoms with Gasteiger partial charge in [-0.2, -0.15) is 0 Å². The normalized spacial score (nSPS) is 16.0. The van der Waals surface area contributed by atoms with Gasteiger partial charge >= 0.3 is 12.1 Å². The summed E-state index contributed by atoms with van der Waals surface area (Å²) >= 11 is 0. The smallest absolute Gasteiger partial charge is 0.407 e. The molecule has 0 atom stereocenters. The predicted molar refractivity (Wildman–Crippen MR) is 198 cm³/mol. The second kappa shape index (κ2) is 17.2. The Hall–Kier alpha value is -4.46. The molecule has 276 valence electrons. The third-order valence-electron chi connectivity index (χ3n) is 8.16. The molecule has 5 rings (SSSR count). The summed E-state index contributed by atoms with van der Waals surface area (Å²) in [6.07, 6.45) is 1.28. The first-order chi connectivity index (χ1) is 24.3. The SMILES string of the molecule is CC(C)(C)OC(=O)CN1CCN(Cc2cc(Nc3nccc(-c4ccc(OCCNC(=O)OC(C)(C)C)cc4)n3)ccc2N2CCOCC2)CC1. The van der Waals surface area contributed by atoms with Gasteiger partial charge in [-0.3, -0.25) is 14.6 Å². The molecule has 2 aromatic carbocycles. The number of hydrogen-bond donors (Lipinski definition) is 2. The lowest BCUT2D eigenvalue weighted by atomic mass is 10.1. The fourth-order valence-electron chi connectivity index (χ4n) is 5.87. The molecule has 0 saturated carbocycles. The van der Waals surface area contributed by atoms with Crippen LogP contribution in [0, 0.1) is 0 Å². The number of aromatic nitrogens is 2. The van der Waals surface area contributed by atoms with Gasteiger partial charge < -0.3 is 34.5 Å². The van der Waals surface area contributed by atoms with Gasteiger partial charge in [0.05, 0.1) is 32.0 Å². The first kappa shape index (κ1) is 37.8. The molecule has 3 heterocycles. The van der Waals surface area contributed by atoms with Crippen molar-refractivity contribution in [3.8, 4) is 17.0 Å². The van der Waals surface area contributed by atoms with Crippen LogP contribution in [0.15, 0.2) is 54.7 Å². The summed E-state index contributed by atoms with van der Waals surface area (Å²) in [4.78, 5) is 40.5. The van der Waals surface area contributed by atoms with Crippen LogP contribution in [0.1, 0.15) is 47.1 Å². The van der Waals surface area contributed by atoms with E-state index in [1.807, 2.05) is 71.9 Å². The summed E-state index contributed by atoms with van der Waals surface area (Å²) in [5.74, 6) is 1.01. The number of anilines is 3.